The van der Waals surface area contributed by atoms with Gasteiger partial charge in [-0.2, -0.15) is 0 Å². The van der Waals surface area contributed by atoms with Gasteiger partial charge < -0.3 is 11.1 Å². The Kier molecular flexibility index (Phi) is 5.77. The van der Waals surface area contributed by atoms with Crippen LogP contribution in [0.2, 0.25) is 0 Å². The van der Waals surface area contributed by atoms with Gasteiger partial charge in [-0.05, 0) is 64.2 Å². The zero-order valence-electron chi connectivity index (χ0n) is 15.9. The number of carbonyl (C=O) groups is 2. The molecule has 1 aliphatic rings. The number of carbonyl (C=O) groups excluding carboxylic acids is 2. The highest BCUT2D eigenvalue weighted by Gasteiger charge is 2.35. The minimum absolute atomic E-state index is 0.242. The molecule has 1 aliphatic carbocycles. The fourth-order valence-electron chi connectivity index (χ4n) is 3.71. The summed E-state index contributed by atoms with van der Waals surface area (Å²) in [6, 6.07) is 7.23. The number of rotatable bonds is 5. The Morgan fingerprint density at radius 2 is 2.04 bits per heavy atom. The van der Waals surface area contributed by atoms with Crippen LogP contribution in [0, 0.1) is 11.3 Å². The molecule has 144 valence electrons. The molecular formula is C21H25BrN2O2S. The number of primary amides is 1. The standard InChI is InChI=1S/C21H25BrN2O2S/c1-4-21(2,3)12-9-10-14-16(11-12)27-20(17(14)18(23)25)24-19(26)13-7-5-6-8-15(13)22/h5-8,12H,4,9-11H2,1-3H3,(H2,23,25)(H,24,26)/t12-/m1/s1. The van der Waals surface area contributed by atoms with E-state index in [1.54, 1.807) is 6.07 Å². The summed E-state index contributed by atoms with van der Waals surface area (Å²) >= 11 is 4.90. The molecule has 0 bridgehead atoms. The van der Waals surface area contributed by atoms with E-state index in [9.17, 15) is 9.59 Å². The lowest BCUT2D eigenvalue weighted by atomic mass is 9.69. The third-order valence-electron chi connectivity index (χ3n) is 5.87. The van der Waals surface area contributed by atoms with Gasteiger partial charge in [0, 0.05) is 9.35 Å². The van der Waals surface area contributed by atoms with Crippen molar-refractivity contribution in [1.29, 1.82) is 0 Å². The Morgan fingerprint density at radius 1 is 1.33 bits per heavy atom. The van der Waals surface area contributed by atoms with E-state index in [0.29, 0.717) is 26.5 Å². The lowest BCUT2D eigenvalue weighted by molar-refractivity contribution is 0.0999. The molecule has 3 N–H and O–H groups in total. The first kappa shape index (κ1) is 20.1. The topological polar surface area (TPSA) is 72.2 Å². The van der Waals surface area contributed by atoms with Gasteiger partial charge in [0.2, 0.25) is 0 Å². The normalized spacial score (nSPS) is 16.7. The fourth-order valence-corrected chi connectivity index (χ4v) is 5.50. The molecule has 2 amide bonds. The third-order valence-corrected chi connectivity index (χ3v) is 7.73. The number of hydrogen-bond donors (Lipinski definition) is 2. The number of anilines is 1. The molecule has 1 atom stereocenters. The molecule has 1 aromatic carbocycles. The van der Waals surface area contributed by atoms with Gasteiger partial charge >= 0.3 is 0 Å². The van der Waals surface area contributed by atoms with Gasteiger partial charge in [0.05, 0.1) is 11.1 Å². The molecule has 0 fully saturated rings. The highest BCUT2D eigenvalue weighted by atomic mass is 79.9. The molecule has 1 aromatic heterocycles. The molecular weight excluding hydrogens is 424 g/mol. The number of nitrogens with one attached hydrogen (secondary N) is 1. The molecule has 2 aromatic rings. The van der Waals surface area contributed by atoms with Crippen LogP contribution in [0.3, 0.4) is 0 Å². The first-order valence-corrected chi connectivity index (χ1v) is 10.9. The van der Waals surface area contributed by atoms with E-state index < -0.39 is 5.91 Å². The van der Waals surface area contributed by atoms with E-state index in [1.165, 1.54) is 16.2 Å². The first-order chi connectivity index (χ1) is 12.7. The maximum atomic E-state index is 12.7. The molecule has 27 heavy (non-hydrogen) atoms. The minimum atomic E-state index is -0.469. The molecule has 0 unspecified atom stereocenters. The molecule has 6 heteroatoms. The molecule has 0 spiro atoms. The van der Waals surface area contributed by atoms with Gasteiger partial charge in [-0.15, -0.1) is 11.3 Å². The Balaban J connectivity index is 1.93. The summed E-state index contributed by atoms with van der Waals surface area (Å²) in [5.74, 6) is -0.140. The fraction of sp³-hybridized carbons (Fsp3) is 0.429. The van der Waals surface area contributed by atoms with Crippen LogP contribution in [0.25, 0.3) is 0 Å². The van der Waals surface area contributed by atoms with Gasteiger partial charge in [-0.1, -0.05) is 39.3 Å². The van der Waals surface area contributed by atoms with E-state index in [0.717, 1.165) is 31.2 Å². The molecule has 0 saturated carbocycles. The highest BCUT2D eigenvalue weighted by molar-refractivity contribution is 9.10. The van der Waals surface area contributed by atoms with Crippen LogP contribution in [0.15, 0.2) is 28.7 Å². The number of benzene rings is 1. The lowest BCUT2D eigenvalue weighted by Crippen LogP contribution is -2.29. The Morgan fingerprint density at radius 3 is 2.67 bits per heavy atom. The maximum Gasteiger partial charge on any atom is 0.257 e. The number of amides is 2. The van der Waals surface area contributed by atoms with Gasteiger partial charge in [0.15, 0.2) is 0 Å². The van der Waals surface area contributed by atoms with E-state index in [4.69, 9.17) is 5.73 Å². The number of hydrogen-bond acceptors (Lipinski definition) is 3. The summed E-state index contributed by atoms with van der Waals surface area (Å²) in [6.45, 7) is 6.84. The van der Waals surface area contributed by atoms with Gasteiger partial charge in [-0.3, -0.25) is 9.59 Å². The van der Waals surface area contributed by atoms with E-state index in [1.807, 2.05) is 18.2 Å². The SMILES string of the molecule is CCC(C)(C)[C@@H]1CCc2c(sc(NC(=O)c3ccccc3Br)c2C(N)=O)C1. The van der Waals surface area contributed by atoms with Crippen molar-refractivity contribution in [3.8, 4) is 0 Å². The van der Waals surface area contributed by atoms with Crippen molar-refractivity contribution >= 4 is 44.1 Å². The van der Waals surface area contributed by atoms with Crippen LogP contribution >= 0.6 is 27.3 Å². The monoisotopic (exact) mass is 448 g/mol. The van der Waals surface area contributed by atoms with Crippen LogP contribution < -0.4 is 11.1 Å². The average Bonchev–Trinajstić information content (AvgIpc) is 2.99. The second kappa shape index (κ2) is 7.76. The maximum absolute atomic E-state index is 12.7. The highest BCUT2D eigenvalue weighted by Crippen LogP contribution is 2.45. The second-order valence-corrected chi connectivity index (χ2v) is 9.75. The van der Waals surface area contributed by atoms with Crippen molar-refractivity contribution < 1.29 is 9.59 Å². The molecule has 0 aliphatic heterocycles. The zero-order chi connectivity index (χ0) is 19.8. The van der Waals surface area contributed by atoms with E-state index >= 15 is 0 Å². The van der Waals surface area contributed by atoms with Crippen LogP contribution in [0.1, 0.15) is 64.8 Å². The zero-order valence-corrected chi connectivity index (χ0v) is 18.3. The Bertz CT molecular complexity index is 888. The predicted molar refractivity (Wildman–Crippen MR) is 115 cm³/mol. The predicted octanol–water partition coefficient (Wildman–Crippen LogP) is 5.40. The molecule has 3 rings (SSSR count). The van der Waals surface area contributed by atoms with Crippen molar-refractivity contribution in [2.24, 2.45) is 17.1 Å². The smallest absolute Gasteiger partial charge is 0.257 e. The first-order valence-electron chi connectivity index (χ1n) is 9.24. The van der Waals surface area contributed by atoms with Crippen LogP contribution in [0.5, 0.6) is 0 Å². The molecule has 4 nitrogen and oxygen atoms in total. The van der Waals surface area contributed by atoms with Crippen LogP contribution in [-0.4, -0.2) is 11.8 Å². The van der Waals surface area contributed by atoms with E-state index in [-0.39, 0.29) is 11.3 Å². The van der Waals surface area contributed by atoms with Crippen molar-refractivity contribution in [1.82, 2.24) is 0 Å². The second-order valence-electron chi connectivity index (χ2n) is 7.79. The summed E-state index contributed by atoms with van der Waals surface area (Å²) in [7, 11) is 0. The lowest BCUT2D eigenvalue weighted by Gasteiger charge is -2.36. The summed E-state index contributed by atoms with van der Waals surface area (Å²) in [5.41, 5.74) is 7.98. The van der Waals surface area contributed by atoms with Crippen molar-refractivity contribution in [3.05, 3.63) is 50.3 Å². The quantitative estimate of drug-likeness (QED) is 0.641. The van der Waals surface area contributed by atoms with Crippen molar-refractivity contribution in [2.75, 3.05) is 5.32 Å². The third kappa shape index (κ3) is 3.97. The van der Waals surface area contributed by atoms with Crippen LogP contribution in [-0.2, 0) is 12.8 Å². The molecule has 0 saturated heterocycles. The number of nitrogens with two attached hydrogens (primary N) is 1. The van der Waals surface area contributed by atoms with Crippen LogP contribution in [0.4, 0.5) is 5.00 Å². The number of fused-ring (bicyclic) bond motifs is 1. The minimum Gasteiger partial charge on any atom is -0.365 e. The largest absolute Gasteiger partial charge is 0.365 e. The average molecular weight is 449 g/mol. The van der Waals surface area contributed by atoms with E-state index in [2.05, 4.69) is 42.0 Å². The summed E-state index contributed by atoms with van der Waals surface area (Å²) in [4.78, 5) is 26.0. The van der Waals surface area contributed by atoms with Gasteiger partial charge in [0.25, 0.3) is 11.8 Å². The van der Waals surface area contributed by atoms with Crippen molar-refractivity contribution in [3.63, 3.8) is 0 Å². The molecule has 1 heterocycles. The summed E-state index contributed by atoms with van der Waals surface area (Å²) in [5, 5.41) is 3.49. The van der Waals surface area contributed by atoms with Gasteiger partial charge in [-0.25, -0.2) is 0 Å². The summed E-state index contributed by atoms with van der Waals surface area (Å²) in [6.07, 6.45) is 3.93. The number of halogens is 1. The Hall–Kier alpha value is -1.66. The summed E-state index contributed by atoms with van der Waals surface area (Å²) < 4.78 is 0.717. The van der Waals surface area contributed by atoms with Crippen molar-refractivity contribution in [2.45, 2.75) is 46.5 Å². The Labute approximate surface area is 172 Å². The number of thiophene rings is 1. The molecule has 0 radical (unpaired) electrons. The van der Waals surface area contributed by atoms with Gasteiger partial charge in [0.1, 0.15) is 5.00 Å².